The van der Waals surface area contributed by atoms with Crippen LogP contribution < -0.4 is 9.61 Å². The van der Waals surface area contributed by atoms with Crippen molar-refractivity contribution in [3.8, 4) is 5.75 Å². The van der Waals surface area contributed by atoms with Crippen molar-refractivity contribution < 1.29 is 9.32 Å². The maximum atomic E-state index is 10.0. The average molecular weight is 215 g/mol. The number of hydrogen-bond donors (Lipinski definition) is 2. The van der Waals surface area contributed by atoms with Gasteiger partial charge in [-0.25, -0.2) is 5.09 Å². The Kier molecular flexibility index (Phi) is 4.83. The fourth-order valence-corrected chi connectivity index (χ4v) is 1.87. The molecule has 0 saturated heterocycles. The van der Waals surface area contributed by atoms with Crippen molar-refractivity contribution in [3.63, 3.8) is 0 Å². The van der Waals surface area contributed by atoms with E-state index in [9.17, 15) is 4.79 Å². The van der Waals surface area contributed by atoms with Crippen LogP contribution in [0.1, 0.15) is 0 Å². The maximum absolute atomic E-state index is 10.0. The van der Waals surface area contributed by atoms with E-state index in [1.165, 1.54) is 0 Å². The minimum atomic E-state index is -1.05. The summed E-state index contributed by atoms with van der Waals surface area (Å²) in [6.07, 6.45) is 0.778. The van der Waals surface area contributed by atoms with Gasteiger partial charge in [0.15, 0.2) is 0 Å². The topological polar surface area (TPSA) is 38.3 Å². The highest BCUT2D eigenvalue weighted by atomic mass is 32.7. The van der Waals surface area contributed by atoms with E-state index in [4.69, 9.17) is 4.52 Å². The fourth-order valence-electron chi connectivity index (χ4n) is 0.729. The molecule has 0 aliphatic rings. The predicted molar refractivity (Wildman–Crippen MR) is 57.0 cm³/mol. The van der Waals surface area contributed by atoms with Gasteiger partial charge in [-0.15, -0.1) is 0 Å². The number of thiol groups is 1. The molecule has 70 valence electrons. The lowest BCUT2D eigenvalue weighted by Gasteiger charge is -2.11. The molecule has 0 bridgehead atoms. The lowest BCUT2D eigenvalue weighted by atomic mass is 10.3. The summed E-state index contributed by atoms with van der Waals surface area (Å²) in [6.45, 7) is 0.266. The van der Waals surface area contributed by atoms with E-state index in [2.05, 4.69) is 17.3 Å². The van der Waals surface area contributed by atoms with Gasteiger partial charge in [-0.3, -0.25) is 0 Å². The molecule has 0 amide bonds. The lowest BCUT2D eigenvalue weighted by Crippen LogP contribution is -2.09. The van der Waals surface area contributed by atoms with Crippen LogP contribution in [0.25, 0.3) is 0 Å². The third kappa shape index (κ3) is 4.27. The summed E-state index contributed by atoms with van der Waals surface area (Å²) in [5.41, 5.74) is 0. The number of carbonyl (C=O) groups is 1. The zero-order chi connectivity index (χ0) is 9.52. The number of rotatable bonds is 5. The van der Waals surface area contributed by atoms with Crippen LogP contribution in [0, 0.1) is 0 Å². The second-order valence-corrected chi connectivity index (χ2v) is 4.34. The summed E-state index contributed by atoms with van der Waals surface area (Å²) in [6, 6.07) is 9.35. The first-order valence-electron chi connectivity index (χ1n) is 3.72. The Morgan fingerprint density at radius 2 is 2.15 bits per heavy atom. The number of para-hydroxylation sites is 1. The molecule has 0 radical (unpaired) electrons. The van der Waals surface area contributed by atoms with E-state index in [1.54, 1.807) is 0 Å². The minimum absolute atomic E-state index is 0.266. The summed E-state index contributed by atoms with van der Waals surface area (Å²) in [5, 5.41) is 2.82. The van der Waals surface area contributed by atoms with Gasteiger partial charge in [0.25, 0.3) is 0 Å². The Labute approximate surface area is 83.5 Å². The Balaban J connectivity index is 2.36. The van der Waals surface area contributed by atoms with Crippen LogP contribution in [0.3, 0.4) is 0 Å². The van der Waals surface area contributed by atoms with Crippen molar-refractivity contribution >= 4 is 26.0 Å². The highest BCUT2D eigenvalue weighted by Gasteiger charge is 2.02. The Morgan fingerprint density at radius 3 is 2.77 bits per heavy atom. The van der Waals surface area contributed by atoms with Crippen molar-refractivity contribution in [2.75, 3.05) is 6.54 Å². The van der Waals surface area contributed by atoms with Gasteiger partial charge >= 0.3 is 0 Å². The number of aldehydes is 1. The van der Waals surface area contributed by atoms with Crippen LogP contribution in [0.4, 0.5) is 0 Å². The molecule has 3 nitrogen and oxygen atoms in total. The van der Waals surface area contributed by atoms with E-state index in [1.807, 2.05) is 30.3 Å². The smallest absolute Gasteiger partial charge is 0.222 e. The summed E-state index contributed by atoms with van der Waals surface area (Å²) in [7, 11) is -1.05. The normalized spacial score (nSPS) is 12.1. The lowest BCUT2D eigenvalue weighted by molar-refractivity contribution is -0.106. The molecule has 1 aromatic rings. The van der Waals surface area contributed by atoms with E-state index in [0.717, 1.165) is 12.0 Å². The molecular formula is C8H10NO2PS. The summed E-state index contributed by atoms with van der Waals surface area (Å²) in [4.78, 5) is 10.0. The van der Waals surface area contributed by atoms with Gasteiger partial charge < -0.3 is 9.32 Å². The molecule has 1 atom stereocenters. The molecule has 1 aromatic carbocycles. The first kappa shape index (κ1) is 10.5. The standard InChI is InChI=1S/C8H10NO2PS/c10-7-6-9-12(13)11-8-4-2-1-3-5-8/h1-5,7,9,13H,6H2. The van der Waals surface area contributed by atoms with Crippen molar-refractivity contribution in [2.45, 2.75) is 0 Å². The van der Waals surface area contributed by atoms with Gasteiger partial charge in [0.2, 0.25) is 7.50 Å². The van der Waals surface area contributed by atoms with E-state index < -0.39 is 7.50 Å². The van der Waals surface area contributed by atoms with Gasteiger partial charge in [0.05, 0.1) is 6.54 Å². The molecular weight excluding hydrogens is 205 g/mol. The number of hydrogen-bond acceptors (Lipinski definition) is 4. The minimum Gasteiger partial charge on any atom is -0.449 e. The highest BCUT2D eigenvalue weighted by molar-refractivity contribution is 8.43. The molecule has 0 saturated carbocycles. The van der Waals surface area contributed by atoms with Crippen molar-refractivity contribution in [2.24, 2.45) is 0 Å². The molecule has 0 spiro atoms. The SMILES string of the molecule is O=CCNP(S)Oc1ccccc1. The molecule has 1 rings (SSSR count). The second kappa shape index (κ2) is 5.97. The molecule has 13 heavy (non-hydrogen) atoms. The predicted octanol–water partition coefficient (Wildman–Crippen LogP) is 2.01. The quantitative estimate of drug-likeness (QED) is 0.448. The average Bonchev–Trinajstić information content (AvgIpc) is 2.16. The third-order valence-electron chi connectivity index (χ3n) is 1.24. The molecule has 0 fully saturated rings. The summed E-state index contributed by atoms with van der Waals surface area (Å²) < 4.78 is 5.38. The Hall–Kier alpha value is -0.570. The molecule has 0 aliphatic heterocycles. The largest absolute Gasteiger partial charge is 0.449 e. The van der Waals surface area contributed by atoms with Crippen LogP contribution in [-0.2, 0) is 4.79 Å². The highest BCUT2D eigenvalue weighted by Crippen LogP contribution is 2.37. The number of carbonyl (C=O) groups excluding carboxylic acids is 1. The van der Waals surface area contributed by atoms with Gasteiger partial charge in [-0.05, 0) is 12.1 Å². The molecule has 0 aromatic heterocycles. The van der Waals surface area contributed by atoms with E-state index in [-0.39, 0.29) is 6.54 Å². The fraction of sp³-hybridized carbons (Fsp3) is 0.125. The van der Waals surface area contributed by atoms with Crippen molar-refractivity contribution in [3.05, 3.63) is 30.3 Å². The van der Waals surface area contributed by atoms with Gasteiger partial charge in [-0.2, -0.15) is 0 Å². The van der Waals surface area contributed by atoms with Gasteiger partial charge in [-0.1, -0.05) is 30.4 Å². The van der Waals surface area contributed by atoms with Gasteiger partial charge in [0, 0.05) is 0 Å². The Bertz CT molecular complexity index is 258. The number of benzene rings is 1. The Morgan fingerprint density at radius 1 is 1.46 bits per heavy atom. The zero-order valence-corrected chi connectivity index (χ0v) is 8.67. The van der Waals surface area contributed by atoms with Crippen LogP contribution in [0.5, 0.6) is 5.75 Å². The second-order valence-electron chi connectivity index (χ2n) is 2.21. The number of nitrogens with one attached hydrogen (secondary N) is 1. The zero-order valence-electron chi connectivity index (χ0n) is 6.88. The van der Waals surface area contributed by atoms with Crippen LogP contribution in [0.2, 0.25) is 0 Å². The van der Waals surface area contributed by atoms with Crippen molar-refractivity contribution in [1.29, 1.82) is 0 Å². The summed E-state index contributed by atoms with van der Waals surface area (Å²) >= 11 is 4.15. The van der Waals surface area contributed by atoms with E-state index >= 15 is 0 Å². The molecule has 0 heterocycles. The summed E-state index contributed by atoms with van der Waals surface area (Å²) in [5.74, 6) is 0.752. The molecule has 5 heteroatoms. The molecule has 0 aliphatic carbocycles. The van der Waals surface area contributed by atoms with Gasteiger partial charge in [0.1, 0.15) is 12.0 Å². The molecule has 1 unspecified atom stereocenters. The van der Waals surface area contributed by atoms with Crippen molar-refractivity contribution in [1.82, 2.24) is 5.09 Å². The molecule has 1 N–H and O–H groups in total. The van der Waals surface area contributed by atoms with Crippen LogP contribution >= 0.6 is 19.7 Å². The van der Waals surface area contributed by atoms with E-state index in [0.29, 0.717) is 0 Å². The first-order chi connectivity index (χ1) is 6.33. The maximum Gasteiger partial charge on any atom is 0.222 e. The third-order valence-corrected chi connectivity index (χ3v) is 2.75. The van der Waals surface area contributed by atoms with Crippen LogP contribution in [-0.4, -0.2) is 12.8 Å². The monoisotopic (exact) mass is 215 g/mol. The van der Waals surface area contributed by atoms with Crippen LogP contribution in [0.15, 0.2) is 30.3 Å². The first-order valence-corrected chi connectivity index (χ1v) is 6.13.